The van der Waals surface area contributed by atoms with E-state index in [0.717, 1.165) is 12.0 Å². The van der Waals surface area contributed by atoms with Crippen LogP contribution >= 0.6 is 0 Å². The summed E-state index contributed by atoms with van der Waals surface area (Å²) in [4.78, 5) is 14.9. The number of nitrogens with one attached hydrogen (secondary N) is 1. The average molecular weight is 492 g/mol. The van der Waals surface area contributed by atoms with E-state index >= 15 is 0 Å². The molecule has 1 heterocycles. The van der Waals surface area contributed by atoms with Crippen molar-refractivity contribution in [2.75, 3.05) is 24.5 Å². The molecular weight excluding hydrogens is 466 g/mol. The monoisotopic (exact) mass is 491 g/mol. The summed E-state index contributed by atoms with van der Waals surface area (Å²) in [7, 11) is -3.86. The number of fused-ring (bicyclic) bond motifs is 1. The maximum absolute atomic E-state index is 13.1. The number of hydrogen-bond acceptors (Lipinski definition) is 6. The van der Waals surface area contributed by atoms with Crippen LogP contribution in [0.1, 0.15) is 34.8 Å². The molecule has 0 bridgehead atoms. The first-order valence-electron chi connectivity index (χ1n) is 11.2. The molecule has 9 heteroatoms. The summed E-state index contributed by atoms with van der Waals surface area (Å²) >= 11 is 0. The summed E-state index contributed by atoms with van der Waals surface area (Å²) in [5, 5.41) is 8.97. The molecular formula is C26H25N3O5S. The van der Waals surface area contributed by atoms with E-state index in [1.54, 1.807) is 47.4 Å². The third kappa shape index (κ3) is 5.73. The molecule has 3 aromatic carbocycles. The summed E-state index contributed by atoms with van der Waals surface area (Å²) in [6, 6.07) is 20.0. The maximum atomic E-state index is 13.1. The second-order valence-electron chi connectivity index (χ2n) is 8.02. The van der Waals surface area contributed by atoms with Gasteiger partial charge in [0.1, 0.15) is 13.2 Å². The van der Waals surface area contributed by atoms with Crippen molar-refractivity contribution in [1.82, 2.24) is 4.90 Å². The van der Waals surface area contributed by atoms with Crippen molar-refractivity contribution in [2.45, 2.75) is 24.8 Å². The Labute approximate surface area is 204 Å². The summed E-state index contributed by atoms with van der Waals surface area (Å²) in [5.74, 6) is 0.742. The van der Waals surface area contributed by atoms with Crippen LogP contribution in [0.4, 0.5) is 5.69 Å². The van der Waals surface area contributed by atoms with Crippen LogP contribution in [-0.2, 0) is 16.6 Å². The third-order valence-corrected chi connectivity index (χ3v) is 6.82. The van der Waals surface area contributed by atoms with Crippen LogP contribution in [0.25, 0.3) is 0 Å². The number of carbonyl (C=O) groups is 1. The van der Waals surface area contributed by atoms with Crippen molar-refractivity contribution in [3.05, 3.63) is 83.4 Å². The number of nitrogens with zero attached hydrogens (tertiary/aromatic N) is 2. The van der Waals surface area contributed by atoms with E-state index in [-0.39, 0.29) is 10.8 Å². The van der Waals surface area contributed by atoms with E-state index in [0.29, 0.717) is 54.6 Å². The van der Waals surface area contributed by atoms with Crippen LogP contribution in [0.2, 0.25) is 0 Å². The quantitative estimate of drug-likeness (QED) is 0.506. The van der Waals surface area contributed by atoms with Crippen molar-refractivity contribution < 1.29 is 22.7 Å². The zero-order chi connectivity index (χ0) is 24.8. The molecule has 4 rings (SSSR count). The fraction of sp³-hybridized carbons (Fsp3) is 0.231. The van der Waals surface area contributed by atoms with Gasteiger partial charge in [-0.25, -0.2) is 8.42 Å². The Kier molecular flexibility index (Phi) is 7.22. The fourth-order valence-electron chi connectivity index (χ4n) is 3.70. The lowest BCUT2D eigenvalue weighted by Gasteiger charge is -2.22. The minimum atomic E-state index is -3.86. The number of nitriles is 1. The molecule has 0 aliphatic carbocycles. The van der Waals surface area contributed by atoms with Gasteiger partial charge in [-0.1, -0.05) is 19.1 Å². The Morgan fingerprint density at radius 2 is 1.69 bits per heavy atom. The summed E-state index contributed by atoms with van der Waals surface area (Å²) in [5.41, 5.74) is 2.28. The zero-order valence-corrected chi connectivity index (χ0v) is 20.0. The largest absolute Gasteiger partial charge is 0.486 e. The molecule has 0 radical (unpaired) electrons. The minimum absolute atomic E-state index is 0.0541. The highest BCUT2D eigenvalue weighted by atomic mass is 32.2. The number of hydrogen-bond donors (Lipinski definition) is 1. The van der Waals surface area contributed by atoms with Gasteiger partial charge < -0.3 is 14.4 Å². The number of amides is 1. The Morgan fingerprint density at radius 3 is 2.34 bits per heavy atom. The highest BCUT2D eigenvalue weighted by Gasteiger charge is 2.20. The van der Waals surface area contributed by atoms with Crippen molar-refractivity contribution in [3.63, 3.8) is 0 Å². The van der Waals surface area contributed by atoms with Gasteiger partial charge in [-0.15, -0.1) is 0 Å². The van der Waals surface area contributed by atoms with Crippen molar-refractivity contribution in [3.8, 4) is 17.6 Å². The van der Waals surface area contributed by atoms with Crippen molar-refractivity contribution in [1.29, 1.82) is 5.26 Å². The molecule has 1 N–H and O–H groups in total. The third-order valence-electron chi connectivity index (χ3n) is 5.45. The molecule has 0 aromatic heterocycles. The SMILES string of the molecule is CCCN(Cc1ccc(C#N)cc1)C(=O)c1ccc(NS(=O)(=O)c2ccc3c(c2)OCCO3)cc1. The topological polar surface area (TPSA) is 109 Å². The Morgan fingerprint density at radius 1 is 1.00 bits per heavy atom. The first kappa shape index (κ1) is 24.1. The Balaban J connectivity index is 1.46. The number of carbonyl (C=O) groups excluding carboxylic acids is 1. The molecule has 0 spiro atoms. The van der Waals surface area contributed by atoms with Crippen molar-refractivity contribution >= 4 is 21.6 Å². The number of rotatable bonds is 8. The average Bonchev–Trinajstić information content (AvgIpc) is 2.88. The minimum Gasteiger partial charge on any atom is -0.486 e. The van der Waals surface area contributed by atoms with E-state index in [2.05, 4.69) is 10.8 Å². The fourth-order valence-corrected chi connectivity index (χ4v) is 4.77. The van der Waals surface area contributed by atoms with Crippen LogP contribution in [0.3, 0.4) is 0 Å². The molecule has 180 valence electrons. The summed E-state index contributed by atoms with van der Waals surface area (Å²) < 4.78 is 39.1. The maximum Gasteiger partial charge on any atom is 0.262 e. The van der Waals surface area contributed by atoms with Gasteiger partial charge in [-0.05, 0) is 60.5 Å². The predicted molar refractivity (Wildman–Crippen MR) is 131 cm³/mol. The molecule has 0 unspecified atom stereocenters. The zero-order valence-electron chi connectivity index (χ0n) is 19.2. The molecule has 1 aliphatic rings. The first-order chi connectivity index (χ1) is 16.9. The molecule has 0 saturated carbocycles. The second kappa shape index (κ2) is 10.5. The van der Waals surface area contributed by atoms with Crippen LogP contribution in [0.5, 0.6) is 11.5 Å². The van der Waals surface area contributed by atoms with E-state index in [4.69, 9.17) is 14.7 Å². The molecule has 1 aliphatic heterocycles. The van der Waals surface area contributed by atoms with Crippen LogP contribution in [0, 0.1) is 11.3 Å². The molecule has 8 nitrogen and oxygen atoms in total. The van der Waals surface area contributed by atoms with Gasteiger partial charge in [0.15, 0.2) is 11.5 Å². The van der Waals surface area contributed by atoms with Gasteiger partial charge in [0.25, 0.3) is 15.9 Å². The number of benzene rings is 3. The number of anilines is 1. The van der Waals surface area contributed by atoms with E-state index in [9.17, 15) is 13.2 Å². The molecule has 0 saturated heterocycles. The Bertz CT molecular complexity index is 1350. The lowest BCUT2D eigenvalue weighted by molar-refractivity contribution is 0.0743. The van der Waals surface area contributed by atoms with Crippen LogP contribution in [-0.4, -0.2) is 39.0 Å². The molecule has 0 fully saturated rings. The predicted octanol–water partition coefficient (Wildman–Crippen LogP) is 4.18. The Hall–Kier alpha value is -4.03. The number of sulfonamides is 1. The molecule has 0 atom stereocenters. The van der Waals surface area contributed by atoms with E-state index in [1.807, 2.05) is 19.1 Å². The normalized spacial score (nSPS) is 12.5. The molecule has 35 heavy (non-hydrogen) atoms. The van der Waals surface area contributed by atoms with Gasteiger partial charge in [0, 0.05) is 30.4 Å². The summed E-state index contributed by atoms with van der Waals surface area (Å²) in [6.45, 7) is 3.76. The van der Waals surface area contributed by atoms with Gasteiger partial charge >= 0.3 is 0 Å². The van der Waals surface area contributed by atoms with Gasteiger partial charge in [-0.3, -0.25) is 9.52 Å². The first-order valence-corrected chi connectivity index (χ1v) is 12.7. The van der Waals surface area contributed by atoms with Crippen molar-refractivity contribution in [2.24, 2.45) is 0 Å². The van der Waals surface area contributed by atoms with E-state index in [1.165, 1.54) is 12.1 Å². The van der Waals surface area contributed by atoms with Crippen LogP contribution in [0.15, 0.2) is 71.6 Å². The van der Waals surface area contributed by atoms with Crippen LogP contribution < -0.4 is 14.2 Å². The standard InChI is InChI=1S/C26H25N3O5S/c1-2-13-29(18-20-5-3-19(17-27)4-6-20)26(30)21-7-9-22(10-8-21)28-35(31,32)23-11-12-24-25(16-23)34-15-14-33-24/h3-12,16,28H,2,13-15,18H2,1H3. The molecule has 3 aromatic rings. The van der Waals surface area contributed by atoms with Gasteiger partial charge in [-0.2, -0.15) is 5.26 Å². The van der Waals surface area contributed by atoms with E-state index < -0.39 is 10.0 Å². The highest BCUT2D eigenvalue weighted by Crippen LogP contribution is 2.32. The highest BCUT2D eigenvalue weighted by molar-refractivity contribution is 7.92. The summed E-state index contributed by atoms with van der Waals surface area (Å²) in [6.07, 6.45) is 0.787. The second-order valence-corrected chi connectivity index (χ2v) is 9.71. The lowest BCUT2D eigenvalue weighted by atomic mass is 10.1. The van der Waals surface area contributed by atoms with Gasteiger partial charge in [0.05, 0.1) is 16.5 Å². The van der Waals surface area contributed by atoms with Gasteiger partial charge in [0.2, 0.25) is 0 Å². The number of ether oxygens (including phenoxy) is 2. The lowest BCUT2D eigenvalue weighted by Crippen LogP contribution is -2.31. The molecule has 1 amide bonds. The smallest absolute Gasteiger partial charge is 0.262 e.